The van der Waals surface area contributed by atoms with E-state index in [0.717, 1.165) is 16.5 Å². The third-order valence-corrected chi connectivity index (χ3v) is 3.45. The minimum Gasteiger partial charge on any atom is -0.484 e. The number of ether oxygens (including phenoxy) is 1. The number of H-pyrrole nitrogens is 1. The Bertz CT molecular complexity index is 840. The number of amides is 1. The highest BCUT2D eigenvalue weighted by Gasteiger charge is 2.02. The highest BCUT2D eigenvalue weighted by atomic mass is 35.5. The first kappa shape index (κ1) is 15.1. The first-order valence-electron chi connectivity index (χ1n) is 6.99. The van der Waals surface area contributed by atoms with Crippen molar-refractivity contribution in [1.82, 2.24) is 10.4 Å². The van der Waals surface area contributed by atoms with Gasteiger partial charge in [-0.25, -0.2) is 5.43 Å². The van der Waals surface area contributed by atoms with Gasteiger partial charge in [-0.1, -0.05) is 29.8 Å². The zero-order valence-electron chi connectivity index (χ0n) is 12.1. The molecule has 0 atom stereocenters. The maximum atomic E-state index is 11.7. The fourth-order valence-electron chi connectivity index (χ4n) is 2.09. The zero-order chi connectivity index (χ0) is 16.1. The van der Waals surface area contributed by atoms with E-state index in [2.05, 4.69) is 15.5 Å². The normalized spacial score (nSPS) is 11.0. The van der Waals surface area contributed by atoms with Crippen molar-refractivity contribution in [1.29, 1.82) is 0 Å². The van der Waals surface area contributed by atoms with Crippen LogP contribution in [0.5, 0.6) is 5.75 Å². The quantitative estimate of drug-likeness (QED) is 0.557. The van der Waals surface area contributed by atoms with Crippen molar-refractivity contribution in [2.24, 2.45) is 5.10 Å². The number of fused-ring (bicyclic) bond motifs is 1. The van der Waals surface area contributed by atoms with Gasteiger partial charge in [0.15, 0.2) is 6.61 Å². The maximum absolute atomic E-state index is 11.7. The van der Waals surface area contributed by atoms with E-state index in [-0.39, 0.29) is 12.5 Å². The molecule has 0 saturated carbocycles. The number of nitrogens with zero attached hydrogens (tertiary/aromatic N) is 1. The van der Waals surface area contributed by atoms with Crippen LogP contribution in [-0.2, 0) is 4.79 Å². The fourth-order valence-corrected chi connectivity index (χ4v) is 2.21. The van der Waals surface area contributed by atoms with Gasteiger partial charge in [-0.15, -0.1) is 0 Å². The Hall–Kier alpha value is -2.79. The summed E-state index contributed by atoms with van der Waals surface area (Å²) < 4.78 is 5.33. The summed E-state index contributed by atoms with van der Waals surface area (Å²) in [4.78, 5) is 14.8. The number of carbonyl (C=O) groups excluding carboxylic acids is 1. The first-order chi connectivity index (χ1) is 11.2. The van der Waals surface area contributed by atoms with Crippen LogP contribution in [-0.4, -0.2) is 23.7 Å². The molecule has 1 amide bonds. The number of hydrogen-bond donors (Lipinski definition) is 2. The molecule has 0 unspecified atom stereocenters. The largest absolute Gasteiger partial charge is 0.484 e. The summed E-state index contributed by atoms with van der Waals surface area (Å²) in [5, 5.41) is 5.60. The highest BCUT2D eigenvalue weighted by molar-refractivity contribution is 6.30. The predicted molar refractivity (Wildman–Crippen MR) is 91.0 cm³/mol. The summed E-state index contributed by atoms with van der Waals surface area (Å²) in [5.41, 5.74) is 4.35. The lowest BCUT2D eigenvalue weighted by Crippen LogP contribution is -2.24. The van der Waals surface area contributed by atoms with E-state index in [1.807, 2.05) is 30.5 Å². The van der Waals surface area contributed by atoms with Crippen molar-refractivity contribution in [2.45, 2.75) is 0 Å². The van der Waals surface area contributed by atoms with Gasteiger partial charge in [0.1, 0.15) is 5.75 Å². The molecular formula is C17H14ClN3O2. The van der Waals surface area contributed by atoms with Crippen LogP contribution in [0.1, 0.15) is 5.56 Å². The number of halogens is 1. The van der Waals surface area contributed by atoms with Crippen molar-refractivity contribution in [3.63, 3.8) is 0 Å². The molecule has 3 rings (SSSR count). The molecule has 0 bridgehead atoms. The second-order valence-electron chi connectivity index (χ2n) is 4.83. The Kier molecular flexibility index (Phi) is 4.59. The van der Waals surface area contributed by atoms with Gasteiger partial charge in [-0.05, 0) is 30.3 Å². The number of benzene rings is 2. The molecule has 1 aromatic heterocycles. The van der Waals surface area contributed by atoms with Crippen molar-refractivity contribution in [2.75, 3.05) is 6.61 Å². The summed E-state index contributed by atoms with van der Waals surface area (Å²) in [7, 11) is 0. The van der Waals surface area contributed by atoms with Crippen LogP contribution in [0.25, 0.3) is 10.9 Å². The Balaban J connectivity index is 1.53. The Morgan fingerprint density at radius 3 is 2.83 bits per heavy atom. The number of hydrogen-bond acceptors (Lipinski definition) is 3. The monoisotopic (exact) mass is 327 g/mol. The molecule has 3 aromatic rings. The third-order valence-electron chi connectivity index (χ3n) is 3.20. The van der Waals surface area contributed by atoms with Crippen LogP contribution in [0.3, 0.4) is 0 Å². The van der Waals surface area contributed by atoms with Gasteiger partial charge in [0.2, 0.25) is 0 Å². The Morgan fingerprint density at radius 1 is 1.22 bits per heavy atom. The number of carbonyl (C=O) groups is 1. The van der Waals surface area contributed by atoms with E-state index >= 15 is 0 Å². The van der Waals surface area contributed by atoms with Crippen molar-refractivity contribution in [3.8, 4) is 5.75 Å². The number of aromatic nitrogens is 1. The van der Waals surface area contributed by atoms with Gasteiger partial charge in [0.05, 0.1) is 6.21 Å². The molecule has 0 spiro atoms. The highest BCUT2D eigenvalue weighted by Crippen LogP contribution is 2.16. The third kappa shape index (κ3) is 3.90. The van der Waals surface area contributed by atoms with E-state index in [1.165, 1.54) is 0 Å². The molecule has 5 nitrogen and oxygen atoms in total. The van der Waals surface area contributed by atoms with E-state index in [1.54, 1.807) is 30.5 Å². The van der Waals surface area contributed by atoms with Gasteiger partial charge in [-0.2, -0.15) is 5.10 Å². The maximum Gasteiger partial charge on any atom is 0.277 e. The van der Waals surface area contributed by atoms with Crippen molar-refractivity contribution < 1.29 is 9.53 Å². The number of para-hydroxylation sites is 1. The van der Waals surface area contributed by atoms with Gasteiger partial charge in [0.25, 0.3) is 5.91 Å². The molecule has 0 fully saturated rings. The minimum absolute atomic E-state index is 0.118. The topological polar surface area (TPSA) is 66.5 Å². The number of nitrogens with one attached hydrogen (secondary N) is 2. The van der Waals surface area contributed by atoms with Crippen LogP contribution in [0.15, 0.2) is 59.8 Å². The second kappa shape index (κ2) is 6.98. The molecule has 0 saturated heterocycles. The lowest BCUT2D eigenvalue weighted by Gasteiger charge is -2.04. The Labute approximate surface area is 137 Å². The van der Waals surface area contributed by atoms with E-state index < -0.39 is 0 Å². The van der Waals surface area contributed by atoms with Gasteiger partial charge >= 0.3 is 0 Å². The van der Waals surface area contributed by atoms with Crippen molar-refractivity contribution >= 4 is 34.6 Å². The first-order valence-corrected chi connectivity index (χ1v) is 7.36. The van der Waals surface area contributed by atoms with E-state index in [0.29, 0.717) is 10.8 Å². The molecule has 0 aliphatic carbocycles. The molecule has 0 radical (unpaired) electrons. The summed E-state index contributed by atoms with van der Waals surface area (Å²) in [5.74, 6) is 0.237. The zero-order valence-corrected chi connectivity index (χ0v) is 12.9. The molecule has 0 aliphatic rings. The molecule has 6 heteroatoms. The molecule has 0 aliphatic heterocycles. The lowest BCUT2D eigenvalue weighted by molar-refractivity contribution is -0.123. The smallest absolute Gasteiger partial charge is 0.277 e. The summed E-state index contributed by atoms with van der Waals surface area (Å²) in [6, 6.07) is 14.7. The second-order valence-corrected chi connectivity index (χ2v) is 5.26. The molecule has 1 heterocycles. The molecule has 2 N–H and O–H groups in total. The molecule has 2 aromatic carbocycles. The number of aromatic amines is 1. The SMILES string of the molecule is O=C(COc1ccc(Cl)cc1)N/N=C\c1c[nH]c2ccccc12. The van der Waals surface area contributed by atoms with Gasteiger partial charge < -0.3 is 9.72 Å². The van der Waals surface area contributed by atoms with Gasteiger partial charge in [-0.3, -0.25) is 4.79 Å². The molecular weight excluding hydrogens is 314 g/mol. The van der Waals surface area contributed by atoms with Crippen LogP contribution in [0.4, 0.5) is 0 Å². The van der Waals surface area contributed by atoms with Crippen molar-refractivity contribution in [3.05, 3.63) is 65.3 Å². The minimum atomic E-state index is -0.337. The summed E-state index contributed by atoms with van der Waals surface area (Å²) in [6.45, 7) is -0.118. The number of hydrazone groups is 1. The van der Waals surface area contributed by atoms with Crippen LogP contribution < -0.4 is 10.2 Å². The predicted octanol–water partition coefficient (Wildman–Crippen LogP) is 3.35. The standard InChI is InChI=1S/C17H14ClN3O2/c18-13-5-7-14(8-6-13)23-11-17(22)21-20-10-12-9-19-16-4-2-1-3-15(12)16/h1-10,19H,11H2,(H,21,22)/b20-10-. The fraction of sp³-hybridized carbons (Fsp3) is 0.0588. The molecule has 23 heavy (non-hydrogen) atoms. The van der Waals surface area contributed by atoms with E-state index in [4.69, 9.17) is 16.3 Å². The summed E-state index contributed by atoms with van der Waals surface area (Å²) >= 11 is 5.78. The lowest BCUT2D eigenvalue weighted by atomic mass is 10.2. The number of rotatable bonds is 5. The van der Waals surface area contributed by atoms with E-state index in [9.17, 15) is 4.79 Å². The van der Waals surface area contributed by atoms with Crippen LogP contribution >= 0.6 is 11.6 Å². The Morgan fingerprint density at radius 2 is 2.00 bits per heavy atom. The van der Waals surface area contributed by atoms with Crippen LogP contribution in [0.2, 0.25) is 5.02 Å². The average Bonchev–Trinajstić information content (AvgIpc) is 2.98. The average molecular weight is 328 g/mol. The van der Waals surface area contributed by atoms with Gasteiger partial charge in [0, 0.05) is 27.7 Å². The van der Waals surface area contributed by atoms with Crippen LogP contribution in [0, 0.1) is 0 Å². The molecule has 116 valence electrons. The summed E-state index contributed by atoms with van der Waals surface area (Å²) in [6.07, 6.45) is 3.43.